The number of hydrogen-bond acceptors (Lipinski definition) is 5. The molecule has 0 atom stereocenters. The van der Waals surface area contributed by atoms with Crippen molar-refractivity contribution in [3.05, 3.63) is 39.7 Å². The van der Waals surface area contributed by atoms with Crippen molar-refractivity contribution in [2.75, 3.05) is 14.2 Å². The highest BCUT2D eigenvalue weighted by Gasteiger charge is 2.09. The standard InChI is InChI=1S/C14H17BrN2O3/c1-9-4-11(20-17-9)8-16-7-10-5-13(18-2)14(19-3)6-12(10)15/h4-6,16H,7-8H2,1-3H3. The Balaban J connectivity index is 2.02. The summed E-state index contributed by atoms with van der Waals surface area (Å²) in [7, 11) is 3.24. The van der Waals surface area contributed by atoms with Gasteiger partial charge in [-0.25, -0.2) is 0 Å². The molecule has 1 heterocycles. The van der Waals surface area contributed by atoms with Crippen molar-refractivity contribution in [1.29, 1.82) is 0 Å². The van der Waals surface area contributed by atoms with Gasteiger partial charge in [0.05, 0.1) is 26.5 Å². The van der Waals surface area contributed by atoms with Crippen LogP contribution in [0.15, 0.2) is 27.2 Å². The van der Waals surface area contributed by atoms with Crippen LogP contribution in [-0.4, -0.2) is 19.4 Å². The Morgan fingerprint density at radius 3 is 2.45 bits per heavy atom. The first kappa shape index (κ1) is 14.9. The SMILES string of the molecule is COc1cc(Br)c(CNCc2cc(C)no2)cc1OC. The molecule has 0 aliphatic heterocycles. The molecule has 0 spiro atoms. The molecule has 0 bridgehead atoms. The second-order valence-corrected chi connectivity index (χ2v) is 5.19. The minimum atomic E-state index is 0.627. The number of rotatable bonds is 6. The topological polar surface area (TPSA) is 56.5 Å². The lowest BCUT2D eigenvalue weighted by atomic mass is 10.2. The second-order valence-electron chi connectivity index (χ2n) is 4.34. The highest BCUT2D eigenvalue weighted by molar-refractivity contribution is 9.10. The molecule has 0 aliphatic carbocycles. The van der Waals surface area contributed by atoms with E-state index in [1.165, 1.54) is 0 Å². The molecule has 6 heteroatoms. The van der Waals surface area contributed by atoms with Crippen LogP contribution in [0.25, 0.3) is 0 Å². The van der Waals surface area contributed by atoms with Crippen LogP contribution in [0.3, 0.4) is 0 Å². The Bertz CT molecular complexity index is 584. The Labute approximate surface area is 126 Å². The van der Waals surface area contributed by atoms with E-state index in [4.69, 9.17) is 14.0 Å². The third-order valence-corrected chi connectivity index (χ3v) is 3.58. The Kier molecular flexibility index (Phi) is 5.03. The van der Waals surface area contributed by atoms with E-state index < -0.39 is 0 Å². The maximum Gasteiger partial charge on any atom is 0.161 e. The zero-order chi connectivity index (χ0) is 14.5. The smallest absolute Gasteiger partial charge is 0.161 e. The van der Waals surface area contributed by atoms with Crippen molar-refractivity contribution in [2.24, 2.45) is 0 Å². The van der Waals surface area contributed by atoms with Gasteiger partial charge in [-0.3, -0.25) is 0 Å². The zero-order valence-corrected chi connectivity index (χ0v) is 13.3. The van der Waals surface area contributed by atoms with E-state index in [0.717, 1.165) is 21.5 Å². The number of nitrogens with one attached hydrogen (secondary N) is 1. The molecule has 0 radical (unpaired) electrons. The highest BCUT2D eigenvalue weighted by Crippen LogP contribution is 2.33. The molecule has 1 N–H and O–H groups in total. The number of halogens is 1. The summed E-state index contributed by atoms with van der Waals surface area (Å²) in [4.78, 5) is 0. The minimum Gasteiger partial charge on any atom is -0.493 e. The Morgan fingerprint density at radius 2 is 1.85 bits per heavy atom. The molecule has 108 valence electrons. The number of ether oxygens (including phenoxy) is 2. The van der Waals surface area contributed by atoms with E-state index in [1.54, 1.807) is 14.2 Å². The van der Waals surface area contributed by atoms with Crippen molar-refractivity contribution < 1.29 is 14.0 Å². The van der Waals surface area contributed by atoms with Gasteiger partial charge in [-0.2, -0.15) is 0 Å². The van der Waals surface area contributed by atoms with Crippen molar-refractivity contribution in [2.45, 2.75) is 20.0 Å². The number of nitrogens with zero attached hydrogens (tertiary/aromatic N) is 1. The van der Waals surface area contributed by atoms with Gasteiger partial charge in [-0.1, -0.05) is 21.1 Å². The number of aryl methyl sites for hydroxylation is 1. The van der Waals surface area contributed by atoms with Crippen LogP contribution in [0, 0.1) is 6.92 Å². The average Bonchev–Trinajstić information content (AvgIpc) is 2.85. The van der Waals surface area contributed by atoms with E-state index in [0.29, 0.717) is 24.6 Å². The Hall–Kier alpha value is -1.53. The molecule has 0 saturated carbocycles. The summed E-state index contributed by atoms with van der Waals surface area (Å²) in [5, 5.41) is 7.15. The number of hydrogen-bond donors (Lipinski definition) is 1. The second kappa shape index (κ2) is 6.76. The molecule has 1 aromatic carbocycles. The fourth-order valence-electron chi connectivity index (χ4n) is 1.85. The van der Waals surface area contributed by atoms with Gasteiger partial charge in [0.25, 0.3) is 0 Å². The van der Waals surface area contributed by atoms with Crippen molar-refractivity contribution in [3.8, 4) is 11.5 Å². The molecular weight excluding hydrogens is 324 g/mol. The number of aromatic nitrogens is 1. The lowest BCUT2D eigenvalue weighted by Crippen LogP contribution is -2.12. The van der Waals surface area contributed by atoms with Crippen LogP contribution < -0.4 is 14.8 Å². The zero-order valence-electron chi connectivity index (χ0n) is 11.7. The lowest BCUT2D eigenvalue weighted by Gasteiger charge is -2.12. The molecule has 1 aromatic heterocycles. The van der Waals surface area contributed by atoms with Gasteiger partial charge >= 0.3 is 0 Å². The van der Waals surface area contributed by atoms with Crippen molar-refractivity contribution in [1.82, 2.24) is 10.5 Å². The summed E-state index contributed by atoms with van der Waals surface area (Å²) in [6.45, 7) is 3.21. The molecular formula is C14H17BrN2O3. The summed E-state index contributed by atoms with van der Waals surface area (Å²) in [6.07, 6.45) is 0. The molecule has 0 fully saturated rings. The molecule has 0 amide bonds. The average molecular weight is 341 g/mol. The number of methoxy groups -OCH3 is 2. The molecule has 0 saturated heterocycles. The first-order chi connectivity index (χ1) is 9.63. The Morgan fingerprint density at radius 1 is 1.15 bits per heavy atom. The third-order valence-electron chi connectivity index (χ3n) is 2.84. The quantitative estimate of drug-likeness (QED) is 0.875. The van der Waals surface area contributed by atoms with E-state index in [-0.39, 0.29) is 0 Å². The first-order valence-corrected chi connectivity index (χ1v) is 6.96. The van der Waals surface area contributed by atoms with Gasteiger partial charge in [0.1, 0.15) is 0 Å². The van der Waals surface area contributed by atoms with Crippen LogP contribution in [0.5, 0.6) is 11.5 Å². The fraction of sp³-hybridized carbons (Fsp3) is 0.357. The normalized spacial score (nSPS) is 10.6. The third kappa shape index (κ3) is 3.52. The first-order valence-electron chi connectivity index (χ1n) is 6.17. The summed E-state index contributed by atoms with van der Waals surface area (Å²) in [6, 6.07) is 5.76. The van der Waals surface area contributed by atoms with Gasteiger partial charge in [0, 0.05) is 17.1 Å². The molecule has 20 heavy (non-hydrogen) atoms. The molecule has 0 aliphatic rings. The summed E-state index contributed by atoms with van der Waals surface area (Å²) in [5.41, 5.74) is 1.97. The van der Waals surface area contributed by atoms with Crippen molar-refractivity contribution in [3.63, 3.8) is 0 Å². The van der Waals surface area contributed by atoms with Crippen LogP contribution in [0.1, 0.15) is 17.0 Å². The number of benzene rings is 1. The molecule has 0 unspecified atom stereocenters. The van der Waals surface area contributed by atoms with Gasteiger partial charge in [0.2, 0.25) is 0 Å². The van der Waals surface area contributed by atoms with Gasteiger partial charge < -0.3 is 19.3 Å². The van der Waals surface area contributed by atoms with E-state index in [9.17, 15) is 0 Å². The molecule has 2 aromatic rings. The van der Waals surface area contributed by atoms with Crippen molar-refractivity contribution >= 4 is 15.9 Å². The maximum absolute atomic E-state index is 5.30. The largest absolute Gasteiger partial charge is 0.493 e. The predicted molar refractivity (Wildman–Crippen MR) is 79.0 cm³/mol. The predicted octanol–water partition coefficient (Wildman–Crippen LogP) is 3.05. The maximum atomic E-state index is 5.30. The van der Waals surface area contributed by atoms with E-state index in [1.807, 2.05) is 25.1 Å². The lowest BCUT2D eigenvalue weighted by molar-refractivity contribution is 0.353. The van der Waals surface area contributed by atoms with Crippen LogP contribution in [0.4, 0.5) is 0 Å². The molecule has 5 nitrogen and oxygen atoms in total. The highest BCUT2D eigenvalue weighted by atomic mass is 79.9. The molecule has 2 rings (SSSR count). The fourth-order valence-corrected chi connectivity index (χ4v) is 2.31. The van der Waals surface area contributed by atoms with Crippen LogP contribution >= 0.6 is 15.9 Å². The van der Waals surface area contributed by atoms with Crippen LogP contribution in [0.2, 0.25) is 0 Å². The van der Waals surface area contributed by atoms with E-state index >= 15 is 0 Å². The van der Waals surface area contributed by atoms with E-state index in [2.05, 4.69) is 26.4 Å². The summed E-state index contributed by atoms with van der Waals surface area (Å²) in [5.74, 6) is 2.23. The summed E-state index contributed by atoms with van der Waals surface area (Å²) >= 11 is 3.53. The van der Waals surface area contributed by atoms with Crippen LogP contribution in [-0.2, 0) is 13.1 Å². The monoisotopic (exact) mass is 340 g/mol. The minimum absolute atomic E-state index is 0.627. The van der Waals surface area contributed by atoms with Gasteiger partial charge in [-0.05, 0) is 24.6 Å². The van der Waals surface area contributed by atoms with Gasteiger partial charge in [-0.15, -0.1) is 0 Å². The van der Waals surface area contributed by atoms with Gasteiger partial charge in [0.15, 0.2) is 17.3 Å². The summed E-state index contributed by atoms with van der Waals surface area (Å²) < 4.78 is 16.7.